The van der Waals surface area contributed by atoms with Gasteiger partial charge in [0.1, 0.15) is 0 Å². The second-order valence-corrected chi connectivity index (χ2v) is 2.82. The Balaban J connectivity index is 1.92. The van der Waals surface area contributed by atoms with Crippen LogP contribution in [0.15, 0.2) is 0 Å². The van der Waals surface area contributed by atoms with Crippen molar-refractivity contribution in [1.82, 2.24) is 0 Å². The van der Waals surface area contributed by atoms with E-state index in [1.807, 2.05) is 0 Å². The van der Waals surface area contributed by atoms with Gasteiger partial charge in [0.15, 0.2) is 0 Å². The normalized spacial score (nSPS) is 32.7. The Bertz CT molecular complexity index is 80.6. The van der Waals surface area contributed by atoms with Crippen molar-refractivity contribution < 1.29 is 4.74 Å². The molecule has 0 amide bonds. The molecule has 1 heteroatoms. The molecule has 0 aromatic heterocycles. The zero-order valence-electron chi connectivity index (χ0n) is 6.39. The summed E-state index contributed by atoms with van der Waals surface area (Å²) >= 11 is 0. The van der Waals surface area contributed by atoms with Gasteiger partial charge in [0.25, 0.3) is 0 Å². The number of hydrogen-bond donors (Lipinski definition) is 0. The van der Waals surface area contributed by atoms with Gasteiger partial charge in [0.2, 0.25) is 0 Å². The van der Waals surface area contributed by atoms with Gasteiger partial charge in [-0.05, 0) is 25.2 Å². The van der Waals surface area contributed by atoms with Gasteiger partial charge in [0, 0.05) is 13.2 Å². The molecule has 0 aliphatic heterocycles. The molecule has 1 aliphatic rings. The minimum Gasteiger partial charge on any atom is -0.381 e. The molecule has 0 aromatic carbocycles. The number of ether oxygens (including phenoxy) is 1. The van der Waals surface area contributed by atoms with Crippen molar-refractivity contribution >= 4 is 0 Å². The highest BCUT2D eigenvalue weighted by molar-refractivity contribution is 4.84. The average molecular weight is 128 g/mol. The molecular formula is C8H16O. The topological polar surface area (TPSA) is 9.23 Å². The van der Waals surface area contributed by atoms with Gasteiger partial charge in [-0.1, -0.05) is 13.3 Å². The van der Waals surface area contributed by atoms with Crippen molar-refractivity contribution in [3.63, 3.8) is 0 Å². The van der Waals surface area contributed by atoms with E-state index >= 15 is 0 Å². The molecule has 2 atom stereocenters. The van der Waals surface area contributed by atoms with Crippen LogP contribution >= 0.6 is 0 Å². The van der Waals surface area contributed by atoms with E-state index in [2.05, 4.69) is 13.8 Å². The van der Waals surface area contributed by atoms with Gasteiger partial charge in [-0.2, -0.15) is 0 Å². The average Bonchev–Trinajstić information content (AvgIpc) is 2.62. The maximum Gasteiger partial charge on any atom is 0.0496 e. The Labute approximate surface area is 57.4 Å². The second-order valence-electron chi connectivity index (χ2n) is 2.82. The van der Waals surface area contributed by atoms with E-state index in [1.165, 1.54) is 12.8 Å². The molecule has 0 radical (unpaired) electrons. The van der Waals surface area contributed by atoms with E-state index in [0.717, 1.165) is 25.0 Å². The third kappa shape index (κ3) is 1.98. The summed E-state index contributed by atoms with van der Waals surface area (Å²) in [6.45, 7) is 6.21. The first kappa shape index (κ1) is 7.07. The fraction of sp³-hybridized carbons (Fsp3) is 1.00. The molecule has 0 bridgehead atoms. The summed E-state index contributed by atoms with van der Waals surface area (Å²) in [6, 6.07) is 0. The molecule has 0 N–H and O–H groups in total. The van der Waals surface area contributed by atoms with Crippen molar-refractivity contribution in [3.05, 3.63) is 0 Å². The van der Waals surface area contributed by atoms with Crippen LogP contribution in [-0.2, 0) is 4.74 Å². The Morgan fingerprint density at radius 1 is 1.33 bits per heavy atom. The lowest BCUT2D eigenvalue weighted by molar-refractivity contribution is 0.133. The molecule has 1 nitrogen and oxygen atoms in total. The standard InChI is InChI=1S/C8H16O/c1-3-7-5-8(7)6-9-4-2/h7-8H,3-6H2,1-2H3. The van der Waals surface area contributed by atoms with E-state index in [1.54, 1.807) is 0 Å². The molecular weight excluding hydrogens is 112 g/mol. The van der Waals surface area contributed by atoms with Crippen LogP contribution in [0.2, 0.25) is 0 Å². The van der Waals surface area contributed by atoms with E-state index in [0.29, 0.717) is 0 Å². The lowest BCUT2D eigenvalue weighted by Crippen LogP contribution is -1.96. The highest BCUT2D eigenvalue weighted by atomic mass is 16.5. The van der Waals surface area contributed by atoms with Crippen molar-refractivity contribution in [2.75, 3.05) is 13.2 Å². The first-order valence-corrected chi connectivity index (χ1v) is 3.96. The predicted octanol–water partition coefficient (Wildman–Crippen LogP) is 2.07. The first-order valence-electron chi connectivity index (χ1n) is 3.96. The molecule has 54 valence electrons. The van der Waals surface area contributed by atoms with Gasteiger partial charge >= 0.3 is 0 Å². The summed E-state index contributed by atoms with van der Waals surface area (Å²) in [5.74, 6) is 1.91. The smallest absolute Gasteiger partial charge is 0.0496 e. The minimum atomic E-state index is 0.882. The Morgan fingerprint density at radius 3 is 2.56 bits per heavy atom. The summed E-state index contributed by atoms with van der Waals surface area (Å²) in [5, 5.41) is 0. The molecule has 0 spiro atoms. The van der Waals surface area contributed by atoms with Crippen molar-refractivity contribution in [1.29, 1.82) is 0 Å². The van der Waals surface area contributed by atoms with Gasteiger partial charge in [-0.3, -0.25) is 0 Å². The third-order valence-electron chi connectivity index (χ3n) is 2.13. The Kier molecular flexibility index (Phi) is 2.52. The van der Waals surface area contributed by atoms with Crippen molar-refractivity contribution in [2.45, 2.75) is 26.7 Å². The van der Waals surface area contributed by atoms with Crippen LogP contribution in [0.3, 0.4) is 0 Å². The first-order chi connectivity index (χ1) is 4.38. The lowest BCUT2D eigenvalue weighted by Gasteiger charge is -1.96. The number of hydrogen-bond acceptors (Lipinski definition) is 1. The predicted molar refractivity (Wildman–Crippen MR) is 38.4 cm³/mol. The SMILES string of the molecule is CCOCC1CC1CC. The van der Waals surface area contributed by atoms with Crippen molar-refractivity contribution in [3.8, 4) is 0 Å². The van der Waals surface area contributed by atoms with Crippen LogP contribution < -0.4 is 0 Å². The maximum atomic E-state index is 5.29. The fourth-order valence-electron chi connectivity index (χ4n) is 1.28. The summed E-state index contributed by atoms with van der Waals surface area (Å²) in [6.07, 6.45) is 2.76. The largest absolute Gasteiger partial charge is 0.381 e. The number of rotatable bonds is 4. The van der Waals surface area contributed by atoms with Crippen LogP contribution in [0.1, 0.15) is 26.7 Å². The molecule has 1 fully saturated rings. The highest BCUT2D eigenvalue weighted by Crippen LogP contribution is 2.40. The monoisotopic (exact) mass is 128 g/mol. The Hall–Kier alpha value is -0.0400. The van der Waals surface area contributed by atoms with Gasteiger partial charge in [0.05, 0.1) is 0 Å². The van der Waals surface area contributed by atoms with E-state index in [4.69, 9.17) is 4.74 Å². The molecule has 0 aromatic rings. The quantitative estimate of drug-likeness (QED) is 0.563. The summed E-state index contributed by atoms with van der Waals surface area (Å²) < 4.78 is 5.29. The maximum absolute atomic E-state index is 5.29. The minimum absolute atomic E-state index is 0.882. The highest BCUT2D eigenvalue weighted by Gasteiger charge is 2.34. The van der Waals surface area contributed by atoms with Gasteiger partial charge < -0.3 is 4.74 Å². The molecule has 2 unspecified atom stereocenters. The van der Waals surface area contributed by atoms with Crippen LogP contribution in [0.4, 0.5) is 0 Å². The van der Waals surface area contributed by atoms with E-state index in [-0.39, 0.29) is 0 Å². The molecule has 1 rings (SSSR count). The van der Waals surface area contributed by atoms with Crippen LogP contribution in [0.25, 0.3) is 0 Å². The van der Waals surface area contributed by atoms with Crippen LogP contribution in [0.5, 0.6) is 0 Å². The zero-order valence-corrected chi connectivity index (χ0v) is 6.39. The summed E-state index contributed by atoms with van der Waals surface area (Å²) in [4.78, 5) is 0. The lowest BCUT2D eigenvalue weighted by atomic mass is 10.3. The van der Waals surface area contributed by atoms with Gasteiger partial charge in [-0.25, -0.2) is 0 Å². The third-order valence-corrected chi connectivity index (χ3v) is 2.13. The second kappa shape index (κ2) is 3.21. The van der Waals surface area contributed by atoms with E-state index < -0.39 is 0 Å². The molecule has 9 heavy (non-hydrogen) atoms. The molecule has 1 aliphatic carbocycles. The zero-order chi connectivity index (χ0) is 6.69. The van der Waals surface area contributed by atoms with Crippen molar-refractivity contribution in [2.24, 2.45) is 11.8 Å². The summed E-state index contributed by atoms with van der Waals surface area (Å²) in [7, 11) is 0. The summed E-state index contributed by atoms with van der Waals surface area (Å²) in [5.41, 5.74) is 0. The van der Waals surface area contributed by atoms with Crippen LogP contribution in [-0.4, -0.2) is 13.2 Å². The van der Waals surface area contributed by atoms with E-state index in [9.17, 15) is 0 Å². The Morgan fingerprint density at radius 2 is 2.11 bits per heavy atom. The molecule has 1 saturated carbocycles. The fourth-order valence-corrected chi connectivity index (χ4v) is 1.28. The van der Waals surface area contributed by atoms with Crippen LogP contribution in [0, 0.1) is 11.8 Å². The van der Waals surface area contributed by atoms with Gasteiger partial charge in [-0.15, -0.1) is 0 Å². The molecule has 0 heterocycles. The molecule has 0 saturated heterocycles.